The van der Waals surface area contributed by atoms with Crippen LogP contribution in [0.25, 0.3) is 10.9 Å². The molecule has 8 heteroatoms. The highest BCUT2D eigenvalue weighted by atomic mass is 16.5. The zero-order valence-corrected chi connectivity index (χ0v) is 17.4. The van der Waals surface area contributed by atoms with Crippen molar-refractivity contribution in [1.82, 2.24) is 30.1 Å². The number of aromatic amines is 1. The van der Waals surface area contributed by atoms with Crippen molar-refractivity contribution in [3.05, 3.63) is 81.9 Å². The van der Waals surface area contributed by atoms with Crippen molar-refractivity contribution in [3.63, 3.8) is 0 Å². The minimum atomic E-state index is -0.309. The Bertz CT molecular complexity index is 1240. The van der Waals surface area contributed by atoms with Gasteiger partial charge in [0.05, 0.1) is 19.2 Å². The molecule has 8 nitrogen and oxygen atoms in total. The first-order chi connectivity index (χ1) is 15.2. The van der Waals surface area contributed by atoms with Crippen LogP contribution in [-0.2, 0) is 6.54 Å². The number of pyridine rings is 1. The van der Waals surface area contributed by atoms with E-state index >= 15 is 0 Å². The molecule has 1 aliphatic heterocycles. The summed E-state index contributed by atoms with van der Waals surface area (Å²) in [5, 5.41) is 13.5. The van der Waals surface area contributed by atoms with Crippen LogP contribution in [0.5, 0.6) is 5.75 Å². The van der Waals surface area contributed by atoms with Crippen LogP contribution >= 0.6 is 0 Å². The topological polar surface area (TPSA) is 88.9 Å². The Labute approximate surface area is 179 Å². The number of hydrogen-bond acceptors (Lipinski definition) is 6. The van der Waals surface area contributed by atoms with Gasteiger partial charge in [-0.15, -0.1) is 5.10 Å². The molecule has 0 spiro atoms. The Hall–Kier alpha value is -3.52. The number of aromatic nitrogens is 5. The predicted octanol–water partition coefficient (Wildman–Crippen LogP) is 2.76. The van der Waals surface area contributed by atoms with Gasteiger partial charge < -0.3 is 9.72 Å². The number of rotatable bonds is 6. The second kappa shape index (κ2) is 8.31. The van der Waals surface area contributed by atoms with Gasteiger partial charge in [0.15, 0.2) is 5.82 Å². The van der Waals surface area contributed by atoms with Crippen LogP contribution in [0.3, 0.4) is 0 Å². The molecule has 1 saturated heterocycles. The van der Waals surface area contributed by atoms with Gasteiger partial charge >= 0.3 is 0 Å². The van der Waals surface area contributed by atoms with Crippen LogP contribution in [-0.4, -0.2) is 50.3 Å². The zero-order chi connectivity index (χ0) is 21.2. The number of nitrogens with zero attached hydrogens (tertiary/aromatic N) is 5. The lowest BCUT2D eigenvalue weighted by atomic mass is 10.0. The Kier molecular flexibility index (Phi) is 5.21. The lowest BCUT2D eigenvalue weighted by Gasteiger charge is -2.26. The molecular weight excluding hydrogens is 392 g/mol. The molecular formula is C23H24N6O2. The Morgan fingerprint density at radius 2 is 1.90 bits per heavy atom. The van der Waals surface area contributed by atoms with E-state index in [0.717, 1.165) is 42.4 Å². The summed E-state index contributed by atoms with van der Waals surface area (Å²) in [6, 6.07) is 17.4. The van der Waals surface area contributed by atoms with Crippen molar-refractivity contribution in [2.45, 2.75) is 25.4 Å². The third-order valence-corrected chi connectivity index (χ3v) is 5.86. The van der Waals surface area contributed by atoms with E-state index in [2.05, 4.69) is 25.4 Å². The second-order valence-corrected chi connectivity index (χ2v) is 7.83. The number of hydrogen-bond donors (Lipinski definition) is 1. The van der Waals surface area contributed by atoms with E-state index in [1.165, 1.54) is 0 Å². The molecule has 1 N–H and O–H groups in total. The smallest absolute Gasteiger partial charge is 0.253 e. The maximum Gasteiger partial charge on any atom is 0.253 e. The lowest BCUT2D eigenvalue weighted by Crippen LogP contribution is -2.33. The molecule has 2 aromatic heterocycles. The third kappa shape index (κ3) is 3.82. The van der Waals surface area contributed by atoms with Crippen molar-refractivity contribution in [2.24, 2.45) is 0 Å². The summed E-state index contributed by atoms with van der Waals surface area (Å²) >= 11 is 0. The van der Waals surface area contributed by atoms with E-state index in [-0.39, 0.29) is 11.6 Å². The van der Waals surface area contributed by atoms with Crippen LogP contribution in [0, 0.1) is 0 Å². The van der Waals surface area contributed by atoms with E-state index in [4.69, 9.17) is 4.74 Å². The van der Waals surface area contributed by atoms with E-state index < -0.39 is 0 Å². The first-order valence-electron chi connectivity index (χ1n) is 10.5. The van der Waals surface area contributed by atoms with Gasteiger partial charge in [-0.2, -0.15) is 0 Å². The van der Waals surface area contributed by atoms with E-state index in [1.54, 1.807) is 11.8 Å². The van der Waals surface area contributed by atoms with Crippen LogP contribution in [0.4, 0.5) is 0 Å². The van der Waals surface area contributed by atoms with Crippen LogP contribution in [0.1, 0.15) is 35.8 Å². The van der Waals surface area contributed by atoms with Crippen molar-refractivity contribution in [1.29, 1.82) is 0 Å². The highest BCUT2D eigenvalue weighted by molar-refractivity contribution is 5.80. The monoisotopic (exact) mass is 416 g/mol. The largest absolute Gasteiger partial charge is 0.497 e. The maximum absolute atomic E-state index is 13.2. The highest BCUT2D eigenvalue weighted by Crippen LogP contribution is 2.30. The van der Waals surface area contributed by atoms with Gasteiger partial charge in [0, 0.05) is 11.6 Å². The standard InChI is InChI=1S/C23H24N6O2/c1-31-18-10-9-17-13-19(23(30)24-20(17)14-18)21(28-11-5-6-12-28)22-25-26-27-29(22)15-16-7-3-2-4-8-16/h2-4,7-10,13-14,21H,5-6,11-12,15H2,1H3,(H,24,30). The molecule has 158 valence electrons. The van der Waals surface area contributed by atoms with E-state index in [1.807, 2.05) is 54.6 Å². The number of nitrogens with one attached hydrogen (secondary N) is 1. The predicted molar refractivity (Wildman–Crippen MR) is 117 cm³/mol. The van der Waals surface area contributed by atoms with Gasteiger partial charge in [0.25, 0.3) is 5.56 Å². The number of H-pyrrole nitrogens is 1. The van der Waals surface area contributed by atoms with Gasteiger partial charge in [0.1, 0.15) is 11.8 Å². The fraction of sp³-hybridized carbons (Fsp3) is 0.304. The second-order valence-electron chi connectivity index (χ2n) is 7.83. The van der Waals surface area contributed by atoms with Gasteiger partial charge in [0.2, 0.25) is 0 Å². The van der Waals surface area contributed by atoms with Crippen molar-refractivity contribution in [2.75, 3.05) is 20.2 Å². The molecule has 5 rings (SSSR count). The summed E-state index contributed by atoms with van der Waals surface area (Å²) in [6.45, 7) is 2.36. The Morgan fingerprint density at radius 1 is 1.10 bits per heavy atom. The molecule has 1 fully saturated rings. The zero-order valence-electron chi connectivity index (χ0n) is 17.4. The van der Waals surface area contributed by atoms with Crippen molar-refractivity contribution < 1.29 is 4.74 Å². The number of tetrazole rings is 1. The molecule has 4 aromatic rings. The molecule has 31 heavy (non-hydrogen) atoms. The molecule has 1 unspecified atom stereocenters. The molecule has 0 aliphatic carbocycles. The average Bonchev–Trinajstić information content (AvgIpc) is 3.48. The SMILES string of the molecule is COc1ccc2cc(C(c3nnnn3Cc3ccccc3)N3CCCC3)c(=O)[nH]c2c1. The first kappa shape index (κ1) is 19.4. The first-order valence-corrected chi connectivity index (χ1v) is 10.5. The van der Waals surface area contributed by atoms with Gasteiger partial charge in [-0.1, -0.05) is 30.3 Å². The molecule has 2 aromatic carbocycles. The summed E-state index contributed by atoms with van der Waals surface area (Å²) < 4.78 is 7.09. The number of benzene rings is 2. The molecule has 0 bridgehead atoms. The summed E-state index contributed by atoms with van der Waals surface area (Å²) in [4.78, 5) is 18.5. The maximum atomic E-state index is 13.2. The molecule has 0 amide bonds. The van der Waals surface area contributed by atoms with E-state index in [0.29, 0.717) is 23.7 Å². The van der Waals surface area contributed by atoms with Gasteiger partial charge in [-0.05, 0) is 65.5 Å². The molecule has 1 atom stereocenters. The molecule has 1 aliphatic rings. The summed E-state index contributed by atoms with van der Waals surface area (Å²) in [7, 11) is 1.61. The van der Waals surface area contributed by atoms with E-state index in [9.17, 15) is 4.79 Å². The van der Waals surface area contributed by atoms with Gasteiger partial charge in [-0.25, -0.2) is 4.68 Å². The van der Waals surface area contributed by atoms with Crippen LogP contribution in [0.2, 0.25) is 0 Å². The number of likely N-dealkylation sites (tertiary alicyclic amines) is 1. The van der Waals surface area contributed by atoms with Crippen LogP contribution in [0.15, 0.2) is 59.4 Å². The third-order valence-electron chi connectivity index (χ3n) is 5.86. The minimum Gasteiger partial charge on any atom is -0.497 e. The summed E-state index contributed by atoms with van der Waals surface area (Å²) in [6.07, 6.45) is 2.19. The Morgan fingerprint density at radius 3 is 2.68 bits per heavy atom. The summed E-state index contributed by atoms with van der Waals surface area (Å²) in [5.41, 5.74) is 2.38. The number of methoxy groups -OCH3 is 1. The van der Waals surface area contributed by atoms with Crippen molar-refractivity contribution >= 4 is 10.9 Å². The normalized spacial score (nSPS) is 15.4. The van der Waals surface area contributed by atoms with Crippen LogP contribution < -0.4 is 10.3 Å². The number of ether oxygens (including phenoxy) is 1. The average molecular weight is 416 g/mol. The quantitative estimate of drug-likeness (QED) is 0.520. The van der Waals surface area contributed by atoms with Gasteiger partial charge in [-0.3, -0.25) is 9.69 Å². The summed E-state index contributed by atoms with van der Waals surface area (Å²) in [5.74, 6) is 1.39. The fourth-order valence-corrected chi connectivity index (χ4v) is 4.30. The number of fused-ring (bicyclic) bond motifs is 1. The fourth-order valence-electron chi connectivity index (χ4n) is 4.30. The minimum absolute atomic E-state index is 0.132. The Balaban J connectivity index is 1.61. The molecule has 0 saturated carbocycles. The highest BCUT2D eigenvalue weighted by Gasteiger charge is 2.32. The molecule has 0 radical (unpaired) electrons. The molecule has 3 heterocycles. The van der Waals surface area contributed by atoms with Crippen molar-refractivity contribution in [3.8, 4) is 5.75 Å². The lowest BCUT2D eigenvalue weighted by molar-refractivity contribution is 0.263.